The van der Waals surface area contributed by atoms with Crippen LogP contribution in [0.4, 0.5) is 13.9 Å². The third-order valence-electron chi connectivity index (χ3n) is 3.82. The number of hydrogen-bond donors (Lipinski definition) is 1. The van der Waals surface area contributed by atoms with Crippen LogP contribution in [0, 0.1) is 0 Å². The van der Waals surface area contributed by atoms with E-state index in [1.807, 2.05) is 29.6 Å². The van der Waals surface area contributed by atoms with Crippen LogP contribution in [0.3, 0.4) is 0 Å². The number of anilines is 1. The van der Waals surface area contributed by atoms with E-state index in [0.717, 1.165) is 17.0 Å². The number of rotatable bonds is 8. The van der Waals surface area contributed by atoms with Crippen molar-refractivity contribution in [2.45, 2.75) is 6.43 Å². The Bertz CT molecular complexity index is 988. The van der Waals surface area contributed by atoms with Crippen LogP contribution in [0.2, 0.25) is 0 Å². The molecule has 2 aromatic carbocycles. The maximum absolute atomic E-state index is 12.4. The molecule has 3 rings (SSSR count). The Kier molecular flexibility index (Phi) is 6.91. The molecule has 3 aromatic rings. The SMILES string of the molecule is COc1ccc(-c2csc(NC(=O)/C=C\c3ccccc3OCC(F)F)n2)cc1. The van der Waals surface area contributed by atoms with Crippen molar-refractivity contribution < 1.29 is 23.0 Å². The number of halogens is 2. The number of amides is 1. The molecule has 0 unspecified atom stereocenters. The van der Waals surface area contributed by atoms with Crippen LogP contribution >= 0.6 is 11.3 Å². The van der Waals surface area contributed by atoms with E-state index >= 15 is 0 Å². The van der Waals surface area contributed by atoms with Crippen molar-refractivity contribution in [3.05, 3.63) is 65.6 Å². The van der Waals surface area contributed by atoms with Crippen LogP contribution in [0.5, 0.6) is 11.5 Å². The Hall–Kier alpha value is -3.26. The molecule has 0 aliphatic heterocycles. The number of thiazole rings is 1. The summed E-state index contributed by atoms with van der Waals surface area (Å²) in [5, 5.41) is 4.98. The van der Waals surface area contributed by atoms with E-state index in [4.69, 9.17) is 9.47 Å². The average Bonchev–Trinajstić information content (AvgIpc) is 3.19. The van der Waals surface area contributed by atoms with Crippen LogP contribution in [0.25, 0.3) is 17.3 Å². The first kappa shape index (κ1) is 20.5. The van der Waals surface area contributed by atoms with Crippen molar-refractivity contribution in [3.8, 4) is 22.8 Å². The zero-order chi connectivity index (χ0) is 20.6. The number of nitrogens with zero attached hydrogens (tertiary/aromatic N) is 1. The van der Waals surface area contributed by atoms with Gasteiger partial charge in [0.1, 0.15) is 18.1 Å². The molecular formula is C21H18F2N2O3S. The fourth-order valence-electron chi connectivity index (χ4n) is 2.44. The van der Waals surface area contributed by atoms with Crippen molar-refractivity contribution in [3.63, 3.8) is 0 Å². The standard InChI is InChI=1S/C21H18F2N2O3S/c1-27-16-9-6-14(7-10-16)17-13-29-21(24-17)25-20(26)11-8-15-4-2-3-5-18(15)28-12-19(22)23/h2-11,13,19H,12H2,1H3,(H,24,25,26)/b11-8-. The van der Waals surface area contributed by atoms with Crippen LogP contribution in [0.1, 0.15) is 5.56 Å². The molecule has 1 heterocycles. The summed E-state index contributed by atoms with van der Waals surface area (Å²) in [5.41, 5.74) is 2.17. The lowest BCUT2D eigenvalue weighted by Crippen LogP contribution is -2.08. The molecule has 0 aliphatic carbocycles. The Labute approximate surface area is 170 Å². The van der Waals surface area contributed by atoms with Gasteiger partial charge in [0, 0.05) is 22.6 Å². The molecule has 0 saturated carbocycles. The smallest absolute Gasteiger partial charge is 0.272 e. The van der Waals surface area contributed by atoms with E-state index in [1.54, 1.807) is 31.4 Å². The number of alkyl halides is 2. The molecular weight excluding hydrogens is 398 g/mol. The van der Waals surface area contributed by atoms with E-state index < -0.39 is 13.0 Å². The van der Waals surface area contributed by atoms with Gasteiger partial charge in [0.25, 0.3) is 6.43 Å². The van der Waals surface area contributed by atoms with Gasteiger partial charge in [0.15, 0.2) is 5.13 Å². The quantitative estimate of drug-likeness (QED) is 0.518. The van der Waals surface area contributed by atoms with Gasteiger partial charge in [-0.2, -0.15) is 0 Å². The largest absolute Gasteiger partial charge is 0.497 e. The minimum atomic E-state index is -2.57. The van der Waals surface area contributed by atoms with Crippen molar-refractivity contribution in [1.82, 2.24) is 4.98 Å². The number of hydrogen-bond acceptors (Lipinski definition) is 5. The molecule has 150 valence electrons. The predicted molar refractivity (Wildman–Crippen MR) is 110 cm³/mol. The number of carbonyl (C=O) groups excluding carboxylic acids is 1. The van der Waals surface area contributed by atoms with E-state index in [-0.39, 0.29) is 11.7 Å². The lowest BCUT2D eigenvalue weighted by molar-refractivity contribution is -0.111. The van der Waals surface area contributed by atoms with Gasteiger partial charge in [-0.1, -0.05) is 18.2 Å². The molecule has 0 atom stereocenters. The number of ether oxygens (including phenoxy) is 2. The van der Waals surface area contributed by atoms with Gasteiger partial charge in [-0.15, -0.1) is 11.3 Å². The Morgan fingerprint density at radius 1 is 1.21 bits per heavy atom. The highest BCUT2D eigenvalue weighted by Gasteiger charge is 2.08. The predicted octanol–water partition coefficient (Wildman–Crippen LogP) is 5.11. The molecule has 0 saturated heterocycles. The number of carbonyl (C=O) groups is 1. The van der Waals surface area contributed by atoms with Crippen LogP contribution in [-0.4, -0.2) is 31.0 Å². The highest BCUT2D eigenvalue weighted by molar-refractivity contribution is 7.14. The van der Waals surface area contributed by atoms with Crippen molar-refractivity contribution in [1.29, 1.82) is 0 Å². The second kappa shape index (κ2) is 9.79. The fraction of sp³-hybridized carbons (Fsp3) is 0.143. The maximum atomic E-state index is 12.4. The zero-order valence-corrected chi connectivity index (χ0v) is 16.3. The number of aromatic nitrogens is 1. The number of benzene rings is 2. The zero-order valence-electron chi connectivity index (χ0n) is 15.5. The summed E-state index contributed by atoms with van der Waals surface area (Å²) in [5.74, 6) is 0.651. The molecule has 0 bridgehead atoms. The molecule has 8 heteroatoms. The van der Waals surface area contributed by atoms with E-state index in [9.17, 15) is 13.6 Å². The lowest BCUT2D eigenvalue weighted by atomic mass is 10.2. The molecule has 0 aliphatic rings. The third-order valence-corrected chi connectivity index (χ3v) is 4.58. The molecule has 1 N–H and O–H groups in total. The van der Waals surface area contributed by atoms with Crippen LogP contribution in [0.15, 0.2) is 60.0 Å². The summed E-state index contributed by atoms with van der Waals surface area (Å²) < 4.78 is 34.9. The van der Waals surface area contributed by atoms with E-state index in [0.29, 0.717) is 10.7 Å². The Morgan fingerprint density at radius 2 is 1.97 bits per heavy atom. The van der Waals surface area contributed by atoms with E-state index in [2.05, 4.69) is 10.3 Å². The summed E-state index contributed by atoms with van der Waals surface area (Å²) in [6.07, 6.45) is 0.243. The summed E-state index contributed by atoms with van der Waals surface area (Å²) in [6, 6.07) is 14.1. The fourth-order valence-corrected chi connectivity index (χ4v) is 3.16. The lowest BCUT2D eigenvalue weighted by Gasteiger charge is -2.08. The van der Waals surface area contributed by atoms with Gasteiger partial charge < -0.3 is 9.47 Å². The highest BCUT2D eigenvalue weighted by Crippen LogP contribution is 2.26. The maximum Gasteiger partial charge on any atom is 0.272 e. The molecule has 1 aromatic heterocycles. The number of methoxy groups -OCH3 is 1. The van der Waals surface area contributed by atoms with E-state index in [1.165, 1.54) is 23.5 Å². The van der Waals surface area contributed by atoms with Gasteiger partial charge in [-0.25, -0.2) is 13.8 Å². The minimum absolute atomic E-state index is 0.285. The topological polar surface area (TPSA) is 60.5 Å². The van der Waals surface area contributed by atoms with Gasteiger partial charge in [0.2, 0.25) is 5.91 Å². The molecule has 29 heavy (non-hydrogen) atoms. The Balaban J connectivity index is 1.63. The second-order valence-electron chi connectivity index (χ2n) is 5.83. The van der Waals surface area contributed by atoms with Crippen molar-refractivity contribution in [2.75, 3.05) is 19.0 Å². The average molecular weight is 416 g/mol. The van der Waals surface area contributed by atoms with Gasteiger partial charge in [0.05, 0.1) is 12.8 Å². The summed E-state index contributed by atoms with van der Waals surface area (Å²) in [4.78, 5) is 16.6. The number of nitrogens with one attached hydrogen (secondary N) is 1. The monoisotopic (exact) mass is 416 g/mol. The van der Waals surface area contributed by atoms with Crippen molar-refractivity contribution in [2.24, 2.45) is 0 Å². The minimum Gasteiger partial charge on any atom is -0.497 e. The summed E-state index contributed by atoms with van der Waals surface area (Å²) >= 11 is 1.30. The molecule has 0 spiro atoms. The first-order valence-corrected chi connectivity index (χ1v) is 9.52. The molecule has 0 fully saturated rings. The molecule has 0 radical (unpaired) electrons. The molecule has 5 nitrogen and oxygen atoms in total. The van der Waals surface area contributed by atoms with Gasteiger partial charge in [-0.05, 0) is 36.4 Å². The summed E-state index contributed by atoms with van der Waals surface area (Å²) in [7, 11) is 1.60. The van der Waals surface area contributed by atoms with Crippen LogP contribution in [-0.2, 0) is 4.79 Å². The number of para-hydroxylation sites is 1. The van der Waals surface area contributed by atoms with Gasteiger partial charge in [-0.3, -0.25) is 10.1 Å². The second-order valence-corrected chi connectivity index (χ2v) is 6.69. The first-order valence-electron chi connectivity index (χ1n) is 8.64. The van der Waals surface area contributed by atoms with Crippen LogP contribution < -0.4 is 14.8 Å². The molecule has 1 amide bonds. The third kappa shape index (κ3) is 5.86. The normalized spacial score (nSPS) is 11.0. The first-order chi connectivity index (χ1) is 14.0. The van der Waals surface area contributed by atoms with Crippen molar-refractivity contribution >= 4 is 28.5 Å². The van der Waals surface area contributed by atoms with Gasteiger partial charge >= 0.3 is 0 Å². The Morgan fingerprint density at radius 3 is 2.69 bits per heavy atom. The summed E-state index contributed by atoms with van der Waals surface area (Å²) in [6.45, 7) is -0.704. The highest BCUT2D eigenvalue weighted by atomic mass is 32.1.